The van der Waals surface area contributed by atoms with Gasteiger partial charge in [-0.05, 0) is 46.7 Å². The van der Waals surface area contributed by atoms with Gasteiger partial charge in [0.15, 0.2) is 5.78 Å². The van der Waals surface area contributed by atoms with E-state index in [4.69, 9.17) is 5.73 Å². The molecule has 0 radical (unpaired) electrons. The van der Waals surface area contributed by atoms with Gasteiger partial charge < -0.3 is 15.5 Å². The number of Topliss-reactive ketones (excluding diaryl/α,β-unsaturated/α-hetero) is 1. The zero-order chi connectivity index (χ0) is 22.5. The van der Waals surface area contributed by atoms with Crippen LogP contribution < -0.4 is 10.6 Å². The van der Waals surface area contributed by atoms with Crippen LogP contribution in [-0.4, -0.2) is 60.9 Å². The summed E-state index contributed by atoms with van der Waals surface area (Å²) >= 11 is 3.15. The molecule has 1 aliphatic heterocycles. The zero-order valence-electron chi connectivity index (χ0n) is 17.3. The van der Waals surface area contributed by atoms with E-state index >= 15 is 0 Å². The number of amides is 2. The number of halogens is 3. The minimum absolute atomic E-state index is 0.0617. The molecule has 0 aromatic heterocycles. The molecule has 1 aliphatic rings. The lowest BCUT2D eigenvalue weighted by molar-refractivity contribution is 0.100. The van der Waals surface area contributed by atoms with E-state index in [0.29, 0.717) is 18.8 Å². The van der Waals surface area contributed by atoms with Gasteiger partial charge in [0.05, 0.1) is 17.6 Å². The number of carbonyl (C=O) groups excluding carboxylic acids is 2. The number of benzene rings is 2. The highest BCUT2D eigenvalue weighted by atomic mass is 79.9. The summed E-state index contributed by atoms with van der Waals surface area (Å²) in [4.78, 5) is 30.5. The van der Waals surface area contributed by atoms with Gasteiger partial charge in [-0.15, -0.1) is 0 Å². The van der Waals surface area contributed by atoms with E-state index in [1.54, 1.807) is 4.90 Å². The first kappa shape index (κ1) is 23.3. The zero-order valence-corrected chi connectivity index (χ0v) is 18.9. The number of nitrogens with zero attached hydrogens (tertiary/aromatic N) is 3. The van der Waals surface area contributed by atoms with E-state index in [1.165, 1.54) is 35.2 Å². The fraction of sp³-hybridized carbons (Fsp3) is 0.364. The maximum Gasteiger partial charge on any atom is 0.324 e. The summed E-state index contributed by atoms with van der Waals surface area (Å²) in [5.41, 5.74) is 6.22. The lowest BCUT2D eigenvalue weighted by Crippen LogP contribution is -2.52. The molecule has 6 nitrogen and oxygen atoms in total. The van der Waals surface area contributed by atoms with Crippen molar-refractivity contribution in [2.75, 3.05) is 44.2 Å². The lowest BCUT2D eigenvalue weighted by atomic mass is 10.1. The quantitative estimate of drug-likeness (QED) is 0.622. The van der Waals surface area contributed by atoms with Crippen LogP contribution >= 0.6 is 15.9 Å². The smallest absolute Gasteiger partial charge is 0.324 e. The van der Waals surface area contributed by atoms with Crippen LogP contribution in [0.2, 0.25) is 0 Å². The number of hydrogen-bond acceptors (Lipinski definition) is 4. The Bertz CT molecular complexity index is 965. The van der Waals surface area contributed by atoms with Crippen molar-refractivity contribution in [3.05, 3.63) is 63.6 Å². The van der Waals surface area contributed by atoms with E-state index in [-0.39, 0.29) is 40.5 Å². The molecule has 2 aromatic rings. The third-order valence-electron chi connectivity index (χ3n) is 5.42. The van der Waals surface area contributed by atoms with Crippen LogP contribution in [0.4, 0.5) is 19.3 Å². The third kappa shape index (κ3) is 5.47. The second-order valence-corrected chi connectivity index (χ2v) is 8.18. The summed E-state index contributed by atoms with van der Waals surface area (Å²) in [6.07, 6.45) is 0. The maximum absolute atomic E-state index is 14.7. The van der Waals surface area contributed by atoms with Crippen molar-refractivity contribution in [3.8, 4) is 0 Å². The van der Waals surface area contributed by atoms with Gasteiger partial charge >= 0.3 is 6.03 Å². The van der Waals surface area contributed by atoms with Crippen molar-refractivity contribution in [2.45, 2.75) is 13.5 Å². The topological polar surface area (TPSA) is 69.9 Å². The molecule has 31 heavy (non-hydrogen) atoms. The first-order chi connectivity index (χ1) is 14.8. The lowest BCUT2D eigenvalue weighted by Gasteiger charge is -2.37. The van der Waals surface area contributed by atoms with Gasteiger partial charge in [0, 0.05) is 43.0 Å². The molecule has 2 amide bonds. The minimum Gasteiger partial charge on any atom is -0.324 e. The number of ketones is 1. The third-order valence-corrected chi connectivity index (χ3v) is 6.03. The Labute approximate surface area is 188 Å². The van der Waals surface area contributed by atoms with Crippen molar-refractivity contribution in [1.82, 2.24) is 9.80 Å². The molecular formula is C22H25BrF2N4O2. The van der Waals surface area contributed by atoms with Crippen molar-refractivity contribution in [1.29, 1.82) is 0 Å². The number of rotatable bonds is 6. The minimum atomic E-state index is -0.603. The van der Waals surface area contributed by atoms with Crippen LogP contribution in [0.1, 0.15) is 22.8 Å². The van der Waals surface area contributed by atoms with Crippen LogP contribution in [0.15, 0.2) is 40.9 Å². The Balaban J connectivity index is 1.90. The van der Waals surface area contributed by atoms with Crippen LogP contribution in [0.5, 0.6) is 0 Å². The second kappa shape index (κ2) is 10.3. The van der Waals surface area contributed by atoms with Gasteiger partial charge in [-0.25, -0.2) is 13.6 Å². The van der Waals surface area contributed by atoms with Crippen molar-refractivity contribution < 1.29 is 18.4 Å². The highest BCUT2D eigenvalue weighted by Crippen LogP contribution is 2.27. The number of anilines is 1. The van der Waals surface area contributed by atoms with Gasteiger partial charge in [0.25, 0.3) is 0 Å². The van der Waals surface area contributed by atoms with E-state index in [0.717, 1.165) is 25.7 Å². The predicted octanol–water partition coefficient (Wildman–Crippen LogP) is 3.63. The number of hydrogen-bond donors (Lipinski definition) is 1. The average molecular weight is 495 g/mol. The molecule has 0 atom stereocenters. The SMILES string of the molecule is CCN1CCN(C(=O)N(Cc2ccc(C(=O)CN)cc2F)c2ccc(F)c(Br)c2)CC1. The normalized spacial score (nSPS) is 14.5. The highest BCUT2D eigenvalue weighted by Gasteiger charge is 2.27. The largest absolute Gasteiger partial charge is 0.324 e. The van der Waals surface area contributed by atoms with E-state index < -0.39 is 11.6 Å². The first-order valence-corrected chi connectivity index (χ1v) is 10.9. The molecule has 9 heteroatoms. The summed E-state index contributed by atoms with van der Waals surface area (Å²) in [5.74, 6) is -1.42. The van der Waals surface area contributed by atoms with Crippen LogP contribution in [0.25, 0.3) is 0 Å². The molecule has 0 unspecified atom stereocenters. The molecule has 1 heterocycles. The Morgan fingerprint density at radius 3 is 2.35 bits per heavy atom. The molecule has 2 N–H and O–H groups in total. The maximum atomic E-state index is 14.7. The molecule has 1 fully saturated rings. The Morgan fingerprint density at radius 1 is 1.06 bits per heavy atom. The summed E-state index contributed by atoms with van der Waals surface area (Å²) in [6, 6.07) is 8.07. The van der Waals surface area contributed by atoms with E-state index in [9.17, 15) is 18.4 Å². The first-order valence-electron chi connectivity index (χ1n) is 10.1. The molecule has 2 aromatic carbocycles. The molecule has 3 rings (SSSR count). The number of carbonyl (C=O) groups is 2. The molecule has 166 valence electrons. The summed E-state index contributed by atoms with van der Waals surface area (Å²) in [6.45, 7) is 5.33. The monoisotopic (exact) mass is 494 g/mol. The average Bonchev–Trinajstić information content (AvgIpc) is 2.79. The van der Waals surface area contributed by atoms with Crippen LogP contribution in [-0.2, 0) is 6.54 Å². The molecule has 0 spiro atoms. The summed E-state index contributed by atoms with van der Waals surface area (Å²) in [7, 11) is 0. The Kier molecular flexibility index (Phi) is 7.74. The number of urea groups is 1. The fourth-order valence-electron chi connectivity index (χ4n) is 3.49. The van der Waals surface area contributed by atoms with Crippen molar-refractivity contribution >= 4 is 33.4 Å². The molecule has 0 aliphatic carbocycles. The molecular weight excluding hydrogens is 470 g/mol. The van der Waals surface area contributed by atoms with Crippen molar-refractivity contribution in [2.24, 2.45) is 5.73 Å². The van der Waals surface area contributed by atoms with Crippen LogP contribution in [0, 0.1) is 11.6 Å². The Hall–Kier alpha value is -2.36. The number of piperazine rings is 1. The van der Waals surface area contributed by atoms with Gasteiger partial charge in [-0.1, -0.05) is 19.1 Å². The molecule has 1 saturated heterocycles. The van der Waals surface area contributed by atoms with Gasteiger partial charge in [-0.3, -0.25) is 9.69 Å². The number of likely N-dealkylation sites (N-methyl/N-ethyl adjacent to an activating group) is 1. The fourth-order valence-corrected chi connectivity index (χ4v) is 3.85. The van der Waals surface area contributed by atoms with Crippen molar-refractivity contribution in [3.63, 3.8) is 0 Å². The van der Waals surface area contributed by atoms with Gasteiger partial charge in [-0.2, -0.15) is 0 Å². The van der Waals surface area contributed by atoms with Gasteiger partial charge in [0.1, 0.15) is 11.6 Å². The predicted molar refractivity (Wildman–Crippen MR) is 119 cm³/mol. The van der Waals surface area contributed by atoms with E-state index in [1.807, 2.05) is 0 Å². The second-order valence-electron chi connectivity index (χ2n) is 7.32. The highest BCUT2D eigenvalue weighted by molar-refractivity contribution is 9.10. The van der Waals surface area contributed by atoms with Gasteiger partial charge in [0.2, 0.25) is 0 Å². The number of nitrogens with two attached hydrogens (primary N) is 1. The molecule has 0 bridgehead atoms. The molecule has 0 saturated carbocycles. The summed E-state index contributed by atoms with van der Waals surface area (Å²) in [5, 5.41) is 0. The summed E-state index contributed by atoms with van der Waals surface area (Å²) < 4.78 is 28.7. The van der Waals surface area contributed by atoms with E-state index in [2.05, 4.69) is 27.8 Å². The Morgan fingerprint density at radius 2 is 1.77 bits per heavy atom. The van der Waals surface area contributed by atoms with Crippen LogP contribution in [0.3, 0.4) is 0 Å². The standard InChI is InChI=1S/C22H25BrF2N4O2/c1-2-27-7-9-28(10-8-27)22(31)29(17-5-6-19(24)18(23)12-17)14-16-4-3-15(11-20(16)25)21(30)13-26/h3-6,11-12H,2,7-10,13-14,26H2,1H3.